The molecule has 2 aliphatic rings. The van der Waals surface area contributed by atoms with Crippen LogP contribution in [-0.2, 0) is 12.7 Å². The molecular formula is C25H27F3N6O3. The van der Waals surface area contributed by atoms with Gasteiger partial charge in [-0.2, -0.15) is 13.2 Å². The average molecular weight is 517 g/mol. The predicted octanol–water partition coefficient (Wildman–Crippen LogP) is 3.25. The third-order valence-electron chi connectivity index (χ3n) is 7.11. The number of hydrogen-bond donors (Lipinski definition) is 3. The number of aliphatic hydroxyl groups excluding tert-OH is 1. The molecule has 1 fully saturated rings. The van der Waals surface area contributed by atoms with E-state index < -0.39 is 23.6 Å². The SMILES string of the molecule is CC(C1CC1)N1Cc2cc(-c3ccn4nc(N)c(C(=O)N[C@H](C)CCO)c4n3)cc(C(F)(F)F)c2C1=O. The Morgan fingerprint density at radius 1 is 1.30 bits per heavy atom. The third-order valence-corrected chi connectivity index (χ3v) is 7.11. The maximum Gasteiger partial charge on any atom is 0.417 e. The van der Waals surface area contributed by atoms with Crippen molar-refractivity contribution >= 4 is 23.3 Å². The first-order chi connectivity index (χ1) is 17.5. The molecule has 0 radical (unpaired) electrons. The first kappa shape index (κ1) is 25.0. The summed E-state index contributed by atoms with van der Waals surface area (Å²) in [6.07, 6.45) is -1.02. The summed E-state index contributed by atoms with van der Waals surface area (Å²) < 4.78 is 43.7. The van der Waals surface area contributed by atoms with Gasteiger partial charge in [-0.1, -0.05) is 0 Å². The summed E-state index contributed by atoms with van der Waals surface area (Å²) in [4.78, 5) is 31.9. The first-order valence-electron chi connectivity index (χ1n) is 12.1. The maximum atomic E-state index is 14.1. The van der Waals surface area contributed by atoms with E-state index in [1.165, 1.54) is 21.7 Å². The number of nitrogens with zero attached hydrogens (tertiary/aromatic N) is 4. The summed E-state index contributed by atoms with van der Waals surface area (Å²) >= 11 is 0. The molecule has 1 aromatic carbocycles. The van der Waals surface area contributed by atoms with E-state index >= 15 is 0 Å². The van der Waals surface area contributed by atoms with Crippen LogP contribution in [0.2, 0.25) is 0 Å². The first-order valence-corrected chi connectivity index (χ1v) is 12.1. The minimum Gasteiger partial charge on any atom is -0.396 e. The molecule has 0 spiro atoms. The van der Waals surface area contributed by atoms with Gasteiger partial charge in [-0.25, -0.2) is 9.50 Å². The number of aliphatic hydroxyl groups is 1. The molecule has 2 amide bonds. The molecule has 0 bridgehead atoms. The maximum absolute atomic E-state index is 14.1. The van der Waals surface area contributed by atoms with Crippen molar-refractivity contribution in [1.29, 1.82) is 0 Å². The monoisotopic (exact) mass is 516 g/mol. The highest BCUT2D eigenvalue weighted by Gasteiger charge is 2.44. The van der Waals surface area contributed by atoms with Crippen molar-refractivity contribution in [1.82, 2.24) is 24.8 Å². The smallest absolute Gasteiger partial charge is 0.396 e. The van der Waals surface area contributed by atoms with E-state index in [0.717, 1.165) is 18.9 Å². The predicted molar refractivity (Wildman–Crippen MR) is 129 cm³/mol. The molecule has 12 heteroatoms. The molecule has 2 aromatic heterocycles. The Balaban J connectivity index is 1.57. The number of nitrogens with two attached hydrogens (primary N) is 1. The van der Waals surface area contributed by atoms with Gasteiger partial charge >= 0.3 is 6.18 Å². The lowest BCUT2D eigenvalue weighted by molar-refractivity contribution is -0.137. The number of carbonyl (C=O) groups excluding carboxylic acids is 2. The molecule has 4 N–H and O–H groups in total. The van der Waals surface area contributed by atoms with E-state index in [1.807, 2.05) is 6.92 Å². The Morgan fingerprint density at radius 3 is 2.68 bits per heavy atom. The quantitative estimate of drug-likeness (QED) is 0.443. The van der Waals surface area contributed by atoms with E-state index in [2.05, 4.69) is 15.4 Å². The van der Waals surface area contributed by atoms with Crippen LogP contribution in [0.4, 0.5) is 19.0 Å². The summed E-state index contributed by atoms with van der Waals surface area (Å²) in [7, 11) is 0. The molecule has 1 aliphatic heterocycles. The van der Waals surface area contributed by atoms with Crippen LogP contribution in [0.25, 0.3) is 16.9 Å². The van der Waals surface area contributed by atoms with Gasteiger partial charge in [0.25, 0.3) is 11.8 Å². The summed E-state index contributed by atoms with van der Waals surface area (Å²) in [5, 5.41) is 15.9. The number of nitrogens with one attached hydrogen (secondary N) is 1. The van der Waals surface area contributed by atoms with E-state index in [4.69, 9.17) is 10.8 Å². The standard InChI is InChI=1S/C25H27F3N6O3/c1-12(6-8-35)30-23(36)20-21(29)32-34-7-5-18(31-22(20)34)15-9-16-11-33(13(2)14-3-4-14)24(37)19(16)17(10-15)25(26,27)28/h5,7,9-10,12-14,35H,3-4,6,8,11H2,1-2H3,(H2,29,32)(H,30,36)/t12-,13?/m1/s1. The van der Waals surface area contributed by atoms with Crippen molar-refractivity contribution in [2.75, 3.05) is 12.3 Å². The molecule has 1 aliphatic carbocycles. The number of fused-ring (bicyclic) bond motifs is 2. The van der Waals surface area contributed by atoms with Crippen LogP contribution >= 0.6 is 0 Å². The van der Waals surface area contributed by atoms with Crippen LogP contribution in [0.3, 0.4) is 0 Å². The highest BCUT2D eigenvalue weighted by atomic mass is 19.4. The lowest BCUT2D eigenvalue weighted by Gasteiger charge is -2.24. The van der Waals surface area contributed by atoms with Gasteiger partial charge in [-0.15, -0.1) is 5.10 Å². The largest absolute Gasteiger partial charge is 0.417 e. The average Bonchev–Trinajstić information content (AvgIpc) is 3.55. The minimum atomic E-state index is -4.74. The number of rotatable bonds is 7. The van der Waals surface area contributed by atoms with Crippen molar-refractivity contribution in [3.05, 3.63) is 46.6 Å². The van der Waals surface area contributed by atoms with Gasteiger partial charge in [-0.05, 0) is 62.8 Å². The molecule has 9 nitrogen and oxygen atoms in total. The molecule has 3 heterocycles. The van der Waals surface area contributed by atoms with Gasteiger partial charge in [0.15, 0.2) is 11.5 Å². The molecule has 37 heavy (non-hydrogen) atoms. The summed E-state index contributed by atoms with van der Waals surface area (Å²) in [6, 6.07) is 3.49. The number of halogens is 3. The zero-order valence-corrected chi connectivity index (χ0v) is 20.3. The molecule has 0 saturated heterocycles. The molecule has 5 rings (SSSR count). The third kappa shape index (κ3) is 4.50. The van der Waals surface area contributed by atoms with Gasteiger partial charge in [0.1, 0.15) is 5.56 Å². The van der Waals surface area contributed by atoms with Crippen molar-refractivity contribution in [2.45, 2.75) is 57.9 Å². The number of carbonyl (C=O) groups is 2. The Hall–Kier alpha value is -3.67. The molecular weight excluding hydrogens is 489 g/mol. The highest BCUT2D eigenvalue weighted by molar-refractivity contribution is 6.04. The van der Waals surface area contributed by atoms with Crippen molar-refractivity contribution < 1.29 is 27.9 Å². The van der Waals surface area contributed by atoms with Crippen LogP contribution in [0.5, 0.6) is 0 Å². The Bertz CT molecular complexity index is 1400. The van der Waals surface area contributed by atoms with Crippen LogP contribution in [0, 0.1) is 5.92 Å². The second-order valence-corrected chi connectivity index (χ2v) is 9.79. The molecule has 3 aromatic rings. The Kier molecular flexibility index (Phi) is 6.09. The van der Waals surface area contributed by atoms with Gasteiger partial charge in [0.2, 0.25) is 0 Å². The van der Waals surface area contributed by atoms with Gasteiger partial charge in [0.05, 0.1) is 16.8 Å². The van der Waals surface area contributed by atoms with E-state index in [1.54, 1.807) is 13.0 Å². The number of hydrogen-bond acceptors (Lipinski definition) is 6. The second-order valence-electron chi connectivity index (χ2n) is 9.79. The normalized spacial score (nSPS) is 17.2. The number of amides is 2. The van der Waals surface area contributed by atoms with Gasteiger partial charge in [0, 0.05) is 37.0 Å². The van der Waals surface area contributed by atoms with Crippen LogP contribution < -0.4 is 11.1 Å². The van der Waals surface area contributed by atoms with Gasteiger partial charge in [-0.3, -0.25) is 9.59 Å². The highest BCUT2D eigenvalue weighted by Crippen LogP contribution is 2.43. The number of aromatic nitrogens is 3. The van der Waals surface area contributed by atoms with E-state index in [0.29, 0.717) is 17.9 Å². The second kappa shape index (κ2) is 9.02. The zero-order chi connectivity index (χ0) is 26.6. The summed E-state index contributed by atoms with van der Waals surface area (Å²) in [5.41, 5.74) is 5.37. The molecule has 1 unspecified atom stereocenters. The van der Waals surface area contributed by atoms with Crippen LogP contribution in [0.1, 0.15) is 65.0 Å². The molecule has 2 atom stereocenters. The number of alkyl halides is 3. The Morgan fingerprint density at radius 2 is 2.03 bits per heavy atom. The fourth-order valence-electron chi connectivity index (χ4n) is 4.90. The van der Waals surface area contributed by atoms with Crippen molar-refractivity contribution in [3.63, 3.8) is 0 Å². The number of anilines is 1. The minimum absolute atomic E-state index is 0.0107. The fourth-order valence-corrected chi connectivity index (χ4v) is 4.90. The molecule has 1 saturated carbocycles. The lowest BCUT2D eigenvalue weighted by Crippen LogP contribution is -2.35. The summed E-state index contributed by atoms with van der Waals surface area (Å²) in [6.45, 7) is 3.57. The molecule has 196 valence electrons. The Labute approximate surface area is 210 Å². The number of benzene rings is 1. The van der Waals surface area contributed by atoms with Crippen molar-refractivity contribution in [2.24, 2.45) is 5.92 Å². The number of nitrogen functional groups attached to an aromatic ring is 1. The van der Waals surface area contributed by atoms with E-state index in [-0.39, 0.29) is 59.1 Å². The lowest BCUT2D eigenvalue weighted by atomic mass is 9.97. The van der Waals surface area contributed by atoms with Crippen LogP contribution in [0.15, 0.2) is 24.4 Å². The van der Waals surface area contributed by atoms with Crippen molar-refractivity contribution in [3.8, 4) is 11.3 Å². The van der Waals surface area contributed by atoms with Crippen LogP contribution in [-0.4, -0.2) is 55.1 Å². The van der Waals surface area contributed by atoms with Gasteiger partial charge < -0.3 is 21.1 Å². The topological polar surface area (TPSA) is 126 Å². The fraction of sp³-hybridized carbons (Fsp3) is 0.440. The van der Waals surface area contributed by atoms with E-state index in [9.17, 15) is 22.8 Å². The summed E-state index contributed by atoms with van der Waals surface area (Å²) in [5.74, 6) is -0.929. The zero-order valence-electron chi connectivity index (χ0n) is 20.3.